The van der Waals surface area contributed by atoms with Crippen LogP contribution in [0.1, 0.15) is 35.7 Å². The monoisotopic (exact) mass is 364 g/mol. The minimum absolute atomic E-state index is 0.475. The fourth-order valence-electron chi connectivity index (χ4n) is 3.67. The highest BCUT2D eigenvalue weighted by Gasteiger charge is 2.24. The van der Waals surface area contributed by atoms with Crippen LogP contribution in [0.3, 0.4) is 0 Å². The van der Waals surface area contributed by atoms with Crippen LogP contribution in [0.15, 0.2) is 42.5 Å². The number of hydrogen-bond acceptors (Lipinski definition) is 2. The Labute approximate surface area is 159 Å². The van der Waals surface area contributed by atoms with Gasteiger partial charge in [0, 0.05) is 24.7 Å². The molecule has 4 rings (SSSR count). The third-order valence-electron chi connectivity index (χ3n) is 5.20. The van der Waals surface area contributed by atoms with Crippen molar-refractivity contribution in [2.45, 2.75) is 32.6 Å². The summed E-state index contributed by atoms with van der Waals surface area (Å²) in [4.78, 5) is 10.5. The van der Waals surface area contributed by atoms with Crippen LogP contribution < -0.4 is 5.32 Å². The summed E-state index contributed by atoms with van der Waals surface area (Å²) >= 11 is 5.65. The predicted molar refractivity (Wildman–Crippen MR) is 112 cm³/mol. The Morgan fingerprint density at radius 2 is 1.92 bits per heavy atom. The van der Waals surface area contributed by atoms with E-state index >= 15 is 0 Å². The zero-order chi connectivity index (χ0) is 18.1. The van der Waals surface area contributed by atoms with Crippen LogP contribution in [0.25, 0.3) is 11.0 Å². The molecule has 26 heavy (non-hydrogen) atoms. The van der Waals surface area contributed by atoms with Gasteiger partial charge in [0.15, 0.2) is 5.11 Å². The lowest BCUT2D eigenvalue weighted by Crippen LogP contribution is -2.40. The zero-order valence-corrected chi connectivity index (χ0v) is 16.1. The molecule has 2 heterocycles. The van der Waals surface area contributed by atoms with E-state index in [0.717, 1.165) is 53.6 Å². The highest BCUT2D eigenvalue weighted by Crippen LogP contribution is 2.28. The summed E-state index contributed by atoms with van der Waals surface area (Å²) in [6, 6.07) is 14.6. The van der Waals surface area contributed by atoms with E-state index in [0.29, 0.717) is 5.92 Å². The molecule has 0 bridgehead atoms. The van der Waals surface area contributed by atoms with Crippen LogP contribution in [0.5, 0.6) is 0 Å². The second kappa shape index (κ2) is 7.08. The average Bonchev–Trinajstić information content (AvgIpc) is 3.08. The SMILES string of the molecule is Cc1ccc(NC(=S)N2CCC(c3nc4ccccc4[nH]3)CC2)c(C)c1. The first kappa shape index (κ1) is 17.0. The molecular formula is C21H24N4S. The summed E-state index contributed by atoms with van der Waals surface area (Å²) < 4.78 is 0. The fraction of sp³-hybridized carbons (Fsp3) is 0.333. The van der Waals surface area contributed by atoms with Gasteiger partial charge in [-0.15, -0.1) is 0 Å². The molecule has 0 saturated carbocycles. The summed E-state index contributed by atoms with van der Waals surface area (Å²) in [5, 5.41) is 4.24. The van der Waals surface area contributed by atoms with E-state index in [9.17, 15) is 0 Å². The van der Waals surface area contributed by atoms with Crippen molar-refractivity contribution in [2.75, 3.05) is 18.4 Å². The van der Waals surface area contributed by atoms with Crippen molar-refractivity contribution < 1.29 is 0 Å². The normalized spacial score (nSPS) is 15.4. The van der Waals surface area contributed by atoms with E-state index in [-0.39, 0.29) is 0 Å². The van der Waals surface area contributed by atoms with Crippen LogP contribution in [-0.2, 0) is 0 Å². The lowest BCUT2D eigenvalue weighted by atomic mass is 9.96. The quantitative estimate of drug-likeness (QED) is 0.644. The number of H-pyrrole nitrogens is 1. The number of aromatic amines is 1. The Hall–Kier alpha value is -2.40. The number of nitrogens with one attached hydrogen (secondary N) is 2. The van der Waals surface area contributed by atoms with Crippen LogP contribution in [-0.4, -0.2) is 33.1 Å². The first-order valence-corrected chi connectivity index (χ1v) is 9.59. The smallest absolute Gasteiger partial charge is 0.173 e. The lowest BCUT2D eigenvalue weighted by Gasteiger charge is -2.33. The first-order chi connectivity index (χ1) is 12.6. The van der Waals surface area contributed by atoms with Crippen molar-refractivity contribution in [3.8, 4) is 0 Å². The van der Waals surface area contributed by atoms with E-state index in [4.69, 9.17) is 17.2 Å². The minimum Gasteiger partial charge on any atom is -0.349 e. The van der Waals surface area contributed by atoms with Gasteiger partial charge in [0.05, 0.1) is 11.0 Å². The van der Waals surface area contributed by atoms with Gasteiger partial charge in [-0.05, 0) is 62.7 Å². The standard InChI is InChI=1S/C21H24N4S/c1-14-7-8-17(15(2)13-14)24-21(26)25-11-9-16(10-12-25)20-22-18-5-3-4-6-19(18)23-20/h3-8,13,16H,9-12H2,1-2H3,(H,22,23)(H,24,26). The summed E-state index contributed by atoms with van der Waals surface area (Å²) in [7, 11) is 0. The molecule has 0 radical (unpaired) electrons. The number of fused-ring (bicyclic) bond motifs is 1. The Bertz CT molecular complexity index is 905. The number of aryl methyl sites for hydroxylation is 2. The largest absolute Gasteiger partial charge is 0.349 e. The average molecular weight is 365 g/mol. The molecule has 0 amide bonds. The minimum atomic E-state index is 0.475. The van der Waals surface area contributed by atoms with Gasteiger partial charge >= 0.3 is 0 Å². The molecule has 0 unspecified atom stereocenters. The number of nitrogens with zero attached hydrogens (tertiary/aromatic N) is 2. The molecule has 4 nitrogen and oxygen atoms in total. The number of benzene rings is 2. The van der Waals surface area contributed by atoms with E-state index in [1.807, 2.05) is 12.1 Å². The van der Waals surface area contributed by atoms with Gasteiger partial charge in [-0.3, -0.25) is 0 Å². The van der Waals surface area contributed by atoms with Gasteiger partial charge in [0.2, 0.25) is 0 Å². The van der Waals surface area contributed by atoms with E-state index in [1.165, 1.54) is 11.1 Å². The molecule has 0 atom stereocenters. The van der Waals surface area contributed by atoms with Gasteiger partial charge in [-0.2, -0.15) is 0 Å². The molecule has 1 fully saturated rings. The number of anilines is 1. The van der Waals surface area contributed by atoms with Gasteiger partial charge in [0.1, 0.15) is 5.82 Å². The maximum Gasteiger partial charge on any atom is 0.173 e. The third kappa shape index (κ3) is 3.44. The number of para-hydroxylation sites is 2. The summed E-state index contributed by atoms with van der Waals surface area (Å²) in [6.07, 6.45) is 2.13. The molecule has 1 aliphatic heterocycles. The van der Waals surface area contributed by atoms with Crippen LogP contribution in [0.4, 0.5) is 5.69 Å². The van der Waals surface area contributed by atoms with Crippen molar-refractivity contribution in [3.63, 3.8) is 0 Å². The maximum absolute atomic E-state index is 5.65. The van der Waals surface area contributed by atoms with Gasteiger partial charge in [-0.1, -0.05) is 29.8 Å². The second-order valence-corrected chi connectivity index (χ2v) is 7.54. The molecule has 1 saturated heterocycles. The topological polar surface area (TPSA) is 44.0 Å². The Morgan fingerprint density at radius 1 is 1.15 bits per heavy atom. The molecule has 3 aromatic rings. The van der Waals surface area contributed by atoms with Crippen molar-refractivity contribution >= 4 is 34.1 Å². The van der Waals surface area contributed by atoms with Crippen molar-refractivity contribution in [2.24, 2.45) is 0 Å². The number of rotatable bonds is 2. The Morgan fingerprint density at radius 3 is 2.65 bits per heavy atom. The molecule has 134 valence electrons. The van der Waals surface area contributed by atoms with Crippen molar-refractivity contribution in [3.05, 3.63) is 59.4 Å². The molecule has 1 aliphatic rings. The number of thiocarbonyl (C=S) groups is 1. The molecule has 5 heteroatoms. The van der Waals surface area contributed by atoms with E-state index in [2.05, 4.69) is 59.4 Å². The third-order valence-corrected chi connectivity index (χ3v) is 5.56. The Balaban J connectivity index is 1.39. The van der Waals surface area contributed by atoms with E-state index in [1.54, 1.807) is 0 Å². The van der Waals surface area contributed by atoms with Crippen LogP contribution in [0, 0.1) is 13.8 Å². The fourth-order valence-corrected chi connectivity index (χ4v) is 3.96. The number of likely N-dealkylation sites (tertiary alicyclic amines) is 1. The molecular weight excluding hydrogens is 340 g/mol. The summed E-state index contributed by atoms with van der Waals surface area (Å²) in [5.74, 6) is 1.58. The molecule has 0 aliphatic carbocycles. The van der Waals surface area contributed by atoms with Gasteiger partial charge in [-0.25, -0.2) is 4.98 Å². The first-order valence-electron chi connectivity index (χ1n) is 9.18. The molecule has 2 N–H and O–H groups in total. The molecule has 2 aromatic carbocycles. The Kier molecular flexibility index (Phi) is 4.64. The lowest BCUT2D eigenvalue weighted by molar-refractivity contribution is 0.311. The van der Waals surface area contributed by atoms with E-state index < -0.39 is 0 Å². The molecule has 1 aromatic heterocycles. The highest BCUT2D eigenvalue weighted by molar-refractivity contribution is 7.80. The van der Waals surface area contributed by atoms with Crippen LogP contribution >= 0.6 is 12.2 Å². The maximum atomic E-state index is 5.65. The number of aromatic nitrogens is 2. The van der Waals surface area contributed by atoms with Crippen LogP contribution in [0.2, 0.25) is 0 Å². The van der Waals surface area contributed by atoms with Crippen molar-refractivity contribution in [1.82, 2.24) is 14.9 Å². The van der Waals surface area contributed by atoms with Gasteiger partial charge < -0.3 is 15.2 Å². The summed E-state index contributed by atoms with van der Waals surface area (Å²) in [5.41, 5.74) is 5.77. The zero-order valence-electron chi connectivity index (χ0n) is 15.2. The summed E-state index contributed by atoms with van der Waals surface area (Å²) in [6.45, 7) is 6.14. The second-order valence-electron chi connectivity index (χ2n) is 7.15. The molecule has 0 spiro atoms. The highest BCUT2D eigenvalue weighted by atomic mass is 32.1. The number of hydrogen-bond donors (Lipinski definition) is 2. The number of imidazole rings is 1. The number of piperidine rings is 1. The predicted octanol–water partition coefficient (Wildman–Crippen LogP) is 4.76. The van der Waals surface area contributed by atoms with Gasteiger partial charge in [0.25, 0.3) is 0 Å². The van der Waals surface area contributed by atoms with Crippen molar-refractivity contribution in [1.29, 1.82) is 0 Å².